The van der Waals surface area contributed by atoms with E-state index in [-0.39, 0.29) is 12.7 Å². The van der Waals surface area contributed by atoms with E-state index >= 15 is 0 Å². The van der Waals surface area contributed by atoms with Crippen LogP contribution < -0.4 is 9.47 Å². The largest absolute Gasteiger partial charge is 0.493 e. The Bertz CT molecular complexity index is 364. The van der Waals surface area contributed by atoms with E-state index in [1.165, 1.54) is 5.56 Å². The minimum Gasteiger partial charge on any atom is -0.493 e. The van der Waals surface area contributed by atoms with Crippen molar-refractivity contribution in [3.05, 3.63) is 21.3 Å². The van der Waals surface area contributed by atoms with Crippen molar-refractivity contribution >= 4 is 22.6 Å². The van der Waals surface area contributed by atoms with Crippen LogP contribution in [0.15, 0.2) is 12.1 Å². The quantitative estimate of drug-likeness (QED) is 0.802. The Morgan fingerprint density at radius 1 is 1.29 bits per heavy atom. The number of aryl methyl sites for hydroxylation is 1. The second-order valence-electron chi connectivity index (χ2n) is 4.09. The number of aliphatic hydroxyl groups excluding tert-OH is 1. The molecule has 0 saturated heterocycles. The molecule has 0 aliphatic rings. The fourth-order valence-electron chi connectivity index (χ4n) is 1.54. The molecule has 0 spiro atoms. The van der Waals surface area contributed by atoms with Crippen LogP contribution in [0.4, 0.5) is 0 Å². The Hall–Kier alpha value is -0.490. The maximum atomic E-state index is 8.88. The lowest BCUT2D eigenvalue weighted by molar-refractivity contribution is 0.229. The SMILES string of the molecule is COc1cc(I)c(CCCO)cc1OC(C)C. The molecular formula is C13H19IO3. The molecule has 0 unspecified atom stereocenters. The zero-order valence-electron chi connectivity index (χ0n) is 10.5. The van der Waals surface area contributed by atoms with Crippen molar-refractivity contribution in [2.75, 3.05) is 13.7 Å². The molecule has 0 aromatic heterocycles. The van der Waals surface area contributed by atoms with Gasteiger partial charge in [-0.3, -0.25) is 0 Å². The summed E-state index contributed by atoms with van der Waals surface area (Å²) >= 11 is 2.28. The van der Waals surface area contributed by atoms with Gasteiger partial charge in [0.2, 0.25) is 0 Å². The van der Waals surface area contributed by atoms with Gasteiger partial charge in [0.05, 0.1) is 13.2 Å². The van der Waals surface area contributed by atoms with Gasteiger partial charge < -0.3 is 14.6 Å². The van der Waals surface area contributed by atoms with Crippen molar-refractivity contribution in [3.63, 3.8) is 0 Å². The predicted octanol–water partition coefficient (Wildman–Crippen LogP) is 3.01. The summed E-state index contributed by atoms with van der Waals surface area (Å²) in [6, 6.07) is 3.99. The maximum Gasteiger partial charge on any atom is 0.161 e. The number of methoxy groups -OCH3 is 1. The molecule has 0 amide bonds. The Balaban J connectivity index is 2.99. The Morgan fingerprint density at radius 2 is 2.00 bits per heavy atom. The smallest absolute Gasteiger partial charge is 0.161 e. The van der Waals surface area contributed by atoms with E-state index in [1.54, 1.807) is 7.11 Å². The summed E-state index contributed by atoms with van der Waals surface area (Å²) in [7, 11) is 1.64. The fourth-order valence-corrected chi connectivity index (χ4v) is 2.25. The van der Waals surface area contributed by atoms with E-state index in [9.17, 15) is 0 Å². The van der Waals surface area contributed by atoms with Crippen molar-refractivity contribution in [2.45, 2.75) is 32.8 Å². The molecule has 1 N–H and O–H groups in total. The number of benzene rings is 1. The lowest BCUT2D eigenvalue weighted by atomic mass is 10.1. The number of rotatable bonds is 6. The van der Waals surface area contributed by atoms with Gasteiger partial charge in [0.25, 0.3) is 0 Å². The molecule has 0 aliphatic carbocycles. The van der Waals surface area contributed by atoms with E-state index in [2.05, 4.69) is 22.6 Å². The predicted molar refractivity (Wildman–Crippen MR) is 76.9 cm³/mol. The van der Waals surface area contributed by atoms with Crippen molar-refractivity contribution < 1.29 is 14.6 Å². The first-order valence-electron chi connectivity index (χ1n) is 5.72. The molecule has 0 saturated carbocycles. The van der Waals surface area contributed by atoms with Gasteiger partial charge in [-0.25, -0.2) is 0 Å². The standard InChI is InChI=1S/C13H19IO3/c1-9(2)17-13-7-10(5-4-6-15)11(14)8-12(13)16-3/h7-9,15H,4-6H2,1-3H3. The monoisotopic (exact) mass is 350 g/mol. The lowest BCUT2D eigenvalue weighted by Crippen LogP contribution is -2.07. The Morgan fingerprint density at radius 3 is 2.53 bits per heavy atom. The van der Waals surface area contributed by atoms with Gasteiger partial charge in [-0.1, -0.05) is 0 Å². The number of aliphatic hydroxyl groups is 1. The van der Waals surface area contributed by atoms with Gasteiger partial charge in [0.1, 0.15) is 0 Å². The summed E-state index contributed by atoms with van der Waals surface area (Å²) in [5.74, 6) is 1.53. The first kappa shape index (κ1) is 14.6. The van der Waals surface area contributed by atoms with E-state index in [4.69, 9.17) is 14.6 Å². The van der Waals surface area contributed by atoms with Gasteiger partial charge in [0, 0.05) is 10.2 Å². The molecule has 0 heterocycles. The molecule has 1 aromatic rings. The maximum absolute atomic E-state index is 8.88. The fraction of sp³-hybridized carbons (Fsp3) is 0.538. The average molecular weight is 350 g/mol. The number of hydrogen-bond donors (Lipinski definition) is 1. The first-order valence-corrected chi connectivity index (χ1v) is 6.80. The van der Waals surface area contributed by atoms with Crippen molar-refractivity contribution in [1.82, 2.24) is 0 Å². The van der Waals surface area contributed by atoms with Crippen molar-refractivity contribution in [2.24, 2.45) is 0 Å². The third kappa shape index (κ3) is 4.35. The van der Waals surface area contributed by atoms with Crippen LogP contribution in [0.1, 0.15) is 25.8 Å². The second-order valence-corrected chi connectivity index (χ2v) is 5.25. The lowest BCUT2D eigenvalue weighted by Gasteiger charge is -2.16. The molecular weight excluding hydrogens is 331 g/mol. The average Bonchev–Trinajstić information content (AvgIpc) is 2.28. The van der Waals surface area contributed by atoms with Crippen LogP contribution in [-0.4, -0.2) is 24.9 Å². The minimum absolute atomic E-state index is 0.120. The Kier molecular flexibility index (Phi) is 6.05. The first-order chi connectivity index (χ1) is 8.08. The molecule has 1 aromatic carbocycles. The highest BCUT2D eigenvalue weighted by Crippen LogP contribution is 2.32. The van der Waals surface area contributed by atoms with Crippen LogP contribution in [0.25, 0.3) is 0 Å². The van der Waals surface area contributed by atoms with Crippen LogP contribution >= 0.6 is 22.6 Å². The summed E-state index contributed by atoms with van der Waals surface area (Å²) in [6.07, 6.45) is 1.74. The van der Waals surface area contributed by atoms with Crippen LogP contribution in [0.3, 0.4) is 0 Å². The summed E-state index contributed by atoms with van der Waals surface area (Å²) in [5.41, 5.74) is 1.19. The summed E-state index contributed by atoms with van der Waals surface area (Å²) in [5, 5.41) is 8.88. The van der Waals surface area contributed by atoms with Crippen molar-refractivity contribution in [3.8, 4) is 11.5 Å². The van der Waals surface area contributed by atoms with Gasteiger partial charge >= 0.3 is 0 Å². The molecule has 0 radical (unpaired) electrons. The Labute approximate surface area is 116 Å². The number of halogens is 1. The molecule has 0 fully saturated rings. The molecule has 0 atom stereocenters. The van der Waals surface area contributed by atoms with E-state index in [1.807, 2.05) is 26.0 Å². The van der Waals surface area contributed by atoms with Gasteiger partial charge in [-0.05, 0) is 67.0 Å². The normalized spacial score (nSPS) is 10.7. The molecule has 4 heteroatoms. The molecule has 17 heavy (non-hydrogen) atoms. The molecule has 96 valence electrons. The molecule has 0 bridgehead atoms. The minimum atomic E-state index is 0.120. The third-order valence-electron chi connectivity index (χ3n) is 2.30. The number of ether oxygens (including phenoxy) is 2. The summed E-state index contributed by atoms with van der Waals surface area (Å²) < 4.78 is 12.2. The topological polar surface area (TPSA) is 38.7 Å². The molecule has 0 aliphatic heterocycles. The third-order valence-corrected chi connectivity index (χ3v) is 3.30. The highest BCUT2D eigenvalue weighted by molar-refractivity contribution is 14.1. The molecule has 1 rings (SSSR count). The van der Waals surface area contributed by atoms with Crippen LogP contribution in [0.2, 0.25) is 0 Å². The van der Waals surface area contributed by atoms with E-state index < -0.39 is 0 Å². The number of hydrogen-bond acceptors (Lipinski definition) is 3. The van der Waals surface area contributed by atoms with Gasteiger partial charge in [-0.2, -0.15) is 0 Å². The van der Waals surface area contributed by atoms with Crippen molar-refractivity contribution in [1.29, 1.82) is 0 Å². The van der Waals surface area contributed by atoms with Crippen LogP contribution in [-0.2, 0) is 6.42 Å². The van der Waals surface area contributed by atoms with Crippen LogP contribution in [0, 0.1) is 3.57 Å². The zero-order valence-corrected chi connectivity index (χ0v) is 12.7. The van der Waals surface area contributed by atoms with Gasteiger partial charge in [0.15, 0.2) is 11.5 Å². The van der Waals surface area contributed by atoms with E-state index in [0.717, 1.165) is 27.9 Å². The summed E-state index contributed by atoms with van der Waals surface area (Å²) in [6.45, 7) is 4.19. The van der Waals surface area contributed by atoms with Gasteiger partial charge in [-0.15, -0.1) is 0 Å². The second kappa shape index (κ2) is 7.06. The highest BCUT2D eigenvalue weighted by Gasteiger charge is 2.11. The molecule has 3 nitrogen and oxygen atoms in total. The highest BCUT2D eigenvalue weighted by atomic mass is 127. The summed E-state index contributed by atoms with van der Waals surface area (Å²) in [4.78, 5) is 0. The zero-order chi connectivity index (χ0) is 12.8. The van der Waals surface area contributed by atoms with E-state index in [0.29, 0.717) is 0 Å². The van der Waals surface area contributed by atoms with Crippen LogP contribution in [0.5, 0.6) is 11.5 Å².